The molecular formula is C27H20BrN5O6S2. The van der Waals surface area contributed by atoms with Gasteiger partial charge in [-0.2, -0.15) is 10.1 Å². The quantitative estimate of drug-likeness (QED) is 0.101. The SMILES string of the molecule is CCN(c1ccccc1)S(=O)(=O)c1ccc(C(=O)N(/N=C/c2ccc([N+](=O)[O-])o2)c2nc3ccc(Br)cc3s2)cc1. The number of rotatable bonds is 9. The molecule has 5 rings (SSSR count). The molecular weight excluding hydrogens is 634 g/mol. The van der Waals surface area contributed by atoms with Crippen LogP contribution in [0.25, 0.3) is 10.2 Å². The van der Waals surface area contributed by atoms with E-state index in [1.54, 1.807) is 43.3 Å². The van der Waals surface area contributed by atoms with E-state index in [0.717, 1.165) is 14.2 Å². The number of fused-ring (bicyclic) bond motifs is 1. The van der Waals surface area contributed by atoms with Crippen LogP contribution in [0.2, 0.25) is 0 Å². The predicted octanol–water partition coefficient (Wildman–Crippen LogP) is 6.46. The lowest BCUT2D eigenvalue weighted by Gasteiger charge is -2.23. The molecule has 0 aliphatic carbocycles. The molecule has 0 radical (unpaired) electrons. The molecule has 0 spiro atoms. The Morgan fingerprint density at radius 2 is 1.83 bits per heavy atom. The number of hydrazone groups is 1. The average Bonchev–Trinajstić information content (AvgIpc) is 3.61. The Morgan fingerprint density at radius 1 is 1.10 bits per heavy atom. The summed E-state index contributed by atoms with van der Waals surface area (Å²) in [5.74, 6) is -1.01. The molecule has 208 valence electrons. The van der Waals surface area contributed by atoms with E-state index in [4.69, 9.17) is 4.42 Å². The minimum Gasteiger partial charge on any atom is -0.400 e. The Balaban J connectivity index is 1.49. The average molecular weight is 655 g/mol. The number of hydrogen-bond donors (Lipinski definition) is 0. The smallest absolute Gasteiger partial charge is 0.400 e. The molecule has 0 atom stereocenters. The van der Waals surface area contributed by atoms with Gasteiger partial charge >= 0.3 is 5.88 Å². The summed E-state index contributed by atoms with van der Waals surface area (Å²) in [4.78, 5) is 28.5. The maximum Gasteiger partial charge on any atom is 0.433 e. The van der Waals surface area contributed by atoms with Crippen LogP contribution < -0.4 is 9.31 Å². The van der Waals surface area contributed by atoms with Crippen LogP contribution in [-0.2, 0) is 10.0 Å². The summed E-state index contributed by atoms with van der Waals surface area (Å²) in [6.45, 7) is 1.96. The first-order chi connectivity index (χ1) is 19.7. The van der Waals surface area contributed by atoms with Crippen molar-refractivity contribution in [3.8, 4) is 0 Å². The van der Waals surface area contributed by atoms with Gasteiger partial charge in [-0.1, -0.05) is 45.5 Å². The largest absolute Gasteiger partial charge is 0.433 e. The normalized spacial score (nSPS) is 11.7. The minimum atomic E-state index is -3.89. The number of nitro groups is 1. The van der Waals surface area contributed by atoms with E-state index < -0.39 is 26.7 Å². The summed E-state index contributed by atoms with van der Waals surface area (Å²) < 4.78 is 34.8. The number of carbonyl (C=O) groups excluding carboxylic acids is 1. The minimum absolute atomic E-state index is 0.0162. The highest BCUT2D eigenvalue weighted by Gasteiger charge is 2.26. The summed E-state index contributed by atoms with van der Waals surface area (Å²) in [6, 6.07) is 22.2. The molecule has 41 heavy (non-hydrogen) atoms. The monoisotopic (exact) mass is 653 g/mol. The molecule has 0 fully saturated rings. The van der Waals surface area contributed by atoms with Crippen molar-refractivity contribution in [1.29, 1.82) is 0 Å². The van der Waals surface area contributed by atoms with Crippen LogP contribution in [-0.4, -0.2) is 37.0 Å². The van der Waals surface area contributed by atoms with Gasteiger partial charge in [-0.15, -0.1) is 0 Å². The molecule has 0 bridgehead atoms. The molecule has 0 saturated carbocycles. The Morgan fingerprint density at radius 3 is 2.49 bits per heavy atom. The molecule has 3 aromatic carbocycles. The molecule has 0 saturated heterocycles. The number of benzene rings is 3. The zero-order valence-electron chi connectivity index (χ0n) is 21.2. The number of amides is 1. The molecule has 11 nitrogen and oxygen atoms in total. The fourth-order valence-electron chi connectivity index (χ4n) is 3.89. The molecule has 0 N–H and O–H groups in total. The zero-order chi connectivity index (χ0) is 29.1. The fraction of sp³-hybridized carbons (Fsp3) is 0.0741. The van der Waals surface area contributed by atoms with Crippen molar-refractivity contribution in [2.45, 2.75) is 11.8 Å². The van der Waals surface area contributed by atoms with E-state index in [9.17, 15) is 23.3 Å². The number of hydrogen-bond acceptors (Lipinski definition) is 9. The first kappa shape index (κ1) is 28.1. The second kappa shape index (κ2) is 11.6. The van der Waals surface area contributed by atoms with Crippen LogP contribution in [0.5, 0.6) is 0 Å². The van der Waals surface area contributed by atoms with Crippen molar-refractivity contribution in [2.24, 2.45) is 5.10 Å². The van der Waals surface area contributed by atoms with Gasteiger partial charge in [-0.25, -0.2) is 13.4 Å². The highest BCUT2D eigenvalue weighted by Crippen LogP contribution is 2.32. The van der Waals surface area contributed by atoms with Gasteiger partial charge in [0.15, 0.2) is 5.76 Å². The molecule has 0 aliphatic heterocycles. The second-order valence-electron chi connectivity index (χ2n) is 8.43. The van der Waals surface area contributed by atoms with Crippen molar-refractivity contribution >= 4 is 76.3 Å². The van der Waals surface area contributed by atoms with Crippen molar-refractivity contribution < 1.29 is 22.6 Å². The van der Waals surface area contributed by atoms with Crippen molar-refractivity contribution in [3.05, 3.63) is 111 Å². The molecule has 5 aromatic rings. The number of anilines is 2. The predicted molar refractivity (Wildman–Crippen MR) is 160 cm³/mol. The van der Waals surface area contributed by atoms with E-state index in [1.807, 2.05) is 12.1 Å². The van der Waals surface area contributed by atoms with Crippen molar-refractivity contribution in [1.82, 2.24) is 4.98 Å². The van der Waals surface area contributed by atoms with E-state index in [2.05, 4.69) is 26.0 Å². The fourth-order valence-corrected chi connectivity index (χ4v) is 6.84. The number of thiazole rings is 1. The maximum absolute atomic E-state index is 13.7. The van der Waals surface area contributed by atoms with Gasteiger partial charge < -0.3 is 4.42 Å². The van der Waals surface area contributed by atoms with Gasteiger partial charge in [0.05, 0.1) is 33.1 Å². The number of sulfonamides is 1. The third-order valence-corrected chi connectivity index (χ3v) is 9.23. The van der Waals surface area contributed by atoms with Crippen LogP contribution in [0.3, 0.4) is 0 Å². The molecule has 2 heterocycles. The molecule has 2 aromatic heterocycles. The number of carbonyl (C=O) groups is 1. The molecule has 1 amide bonds. The third kappa shape index (κ3) is 5.89. The van der Waals surface area contributed by atoms with Crippen LogP contribution in [0.15, 0.2) is 104 Å². The highest BCUT2D eigenvalue weighted by molar-refractivity contribution is 9.10. The number of nitrogens with zero attached hydrogens (tertiary/aromatic N) is 5. The van der Waals surface area contributed by atoms with Crippen molar-refractivity contribution in [3.63, 3.8) is 0 Å². The summed E-state index contributed by atoms with van der Waals surface area (Å²) >= 11 is 4.63. The number of furan rings is 1. The summed E-state index contributed by atoms with van der Waals surface area (Å²) in [7, 11) is -3.89. The number of para-hydroxylation sites is 1. The zero-order valence-corrected chi connectivity index (χ0v) is 24.5. The topological polar surface area (TPSA) is 139 Å². The standard InChI is InChI=1S/C27H20BrN5O6S2/c1-2-31(20-6-4-3-5-7-20)41(37,38)22-12-8-18(9-13-22)26(34)32(29-17-21-11-15-25(39-21)33(35)36)27-30-23-14-10-19(28)16-24(23)40-27/h3-17H,2H2,1H3/b29-17+. The Labute approximate surface area is 246 Å². The lowest BCUT2D eigenvalue weighted by atomic mass is 10.2. The Hall–Kier alpha value is -4.40. The van der Waals surface area contributed by atoms with Crippen LogP contribution in [0.1, 0.15) is 23.0 Å². The van der Waals surface area contributed by atoms with Crippen molar-refractivity contribution in [2.75, 3.05) is 15.9 Å². The Bertz CT molecular complexity index is 1870. The first-order valence-corrected chi connectivity index (χ1v) is 15.1. The number of halogens is 1. The van der Waals surface area contributed by atoms with Gasteiger partial charge in [-0.05, 0) is 67.6 Å². The van der Waals surface area contributed by atoms with Crippen LogP contribution >= 0.6 is 27.3 Å². The molecule has 14 heteroatoms. The summed E-state index contributed by atoms with van der Waals surface area (Å²) in [5.41, 5.74) is 1.31. The lowest BCUT2D eigenvalue weighted by Crippen LogP contribution is -2.31. The third-order valence-electron chi connectivity index (χ3n) is 5.83. The van der Waals surface area contributed by atoms with E-state index >= 15 is 0 Å². The highest BCUT2D eigenvalue weighted by atomic mass is 79.9. The Kier molecular flexibility index (Phi) is 7.97. The van der Waals surface area contributed by atoms with E-state index in [-0.39, 0.29) is 27.9 Å². The van der Waals surface area contributed by atoms with Crippen LogP contribution in [0, 0.1) is 10.1 Å². The summed E-state index contributed by atoms with van der Waals surface area (Å²) in [6.07, 6.45) is 1.17. The van der Waals surface area contributed by atoms with E-state index in [1.165, 1.54) is 58.3 Å². The first-order valence-electron chi connectivity index (χ1n) is 12.0. The van der Waals surface area contributed by atoms with Crippen LogP contribution in [0.4, 0.5) is 16.7 Å². The maximum atomic E-state index is 13.7. The van der Waals surface area contributed by atoms with Gasteiger partial charge in [0, 0.05) is 16.6 Å². The van der Waals surface area contributed by atoms with E-state index in [0.29, 0.717) is 11.2 Å². The summed E-state index contributed by atoms with van der Waals surface area (Å²) in [5, 5.41) is 16.5. The number of aromatic nitrogens is 1. The van der Waals surface area contributed by atoms with Gasteiger partial charge in [-0.3, -0.25) is 19.2 Å². The lowest BCUT2D eigenvalue weighted by molar-refractivity contribution is -0.402. The second-order valence-corrected chi connectivity index (χ2v) is 12.2. The molecule has 0 unspecified atom stereocenters. The van der Waals surface area contributed by atoms with Gasteiger partial charge in [0.25, 0.3) is 15.9 Å². The molecule has 0 aliphatic rings. The van der Waals surface area contributed by atoms with Gasteiger partial charge in [0.2, 0.25) is 5.13 Å². The van der Waals surface area contributed by atoms with Gasteiger partial charge in [0.1, 0.15) is 4.92 Å².